The summed E-state index contributed by atoms with van der Waals surface area (Å²) >= 11 is 0. The number of aromatic nitrogens is 1. The molecule has 0 radical (unpaired) electrons. The van der Waals surface area contributed by atoms with E-state index in [0.29, 0.717) is 11.3 Å². The van der Waals surface area contributed by atoms with E-state index in [0.717, 1.165) is 12.7 Å². The molecule has 2 rings (SSSR count). The third-order valence-electron chi connectivity index (χ3n) is 4.46. The smallest absolute Gasteiger partial charge is 0.408 e. The van der Waals surface area contributed by atoms with Crippen LogP contribution in [0.25, 0.3) is 0 Å². The lowest BCUT2D eigenvalue weighted by Crippen LogP contribution is -2.45. The molecule has 0 saturated heterocycles. The highest BCUT2D eigenvalue weighted by Gasteiger charge is 2.41. The van der Waals surface area contributed by atoms with Crippen LogP contribution in [0.2, 0.25) is 0 Å². The Morgan fingerprint density at radius 2 is 1.54 bits per heavy atom. The Bertz CT molecular complexity index is 1010. The highest BCUT2D eigenvalue weighted by atomic mass is 16.6. The Balaban J connectivity index is 2.42. The van der Waals surface area contributed by atoms with Crippen LogP contribution < -0.4 is 10.1 Å². The topological polar surface area (TPSA) is 113 Å². The predicted octanol–water partition coefficient (Wildman–Crippen LogP) is 4.36. The van der Waals surface area contributed by atoms with Crippen molar-refractivity contribution in [2.75, 3.05) is 7.11 Å². The van der Waals surface area contributed by atoms with Crippen LogP contribution in [-0.2, 0) is 30.4 Å². The second-order valence-electron chi connectivity index (χ2n) is 9.89. The molecule has 0 aliphatic heterocycles. The quantitative estimate of drug-likeness (QED) is 0.333. The highest BCUT2D eigenvalue weighted by Crippen LogP contribution is 2.29. The van der Waals surface area contributed by atoms with Gasteiger partial charge in [0.05, 0.1) is 19.3 Å². The number of amides is 1. The second kappa shape index (κ2) is 11.7. The number of carbonyl (C=O) groups excluding carboxylic acids is 3. The molecule has 0 saturated carbocycles. The first-order valence-corrected chi connectivity index (χ1v) is 11.2. The maximum absolute atomic E-state index is 13.1. The van der Waals surface area contributed by atoms with Crippen LogP contribution >= 0.6 is 0 Å². The summed E-state index contributed by atoms with van der Waals surface area (Å²) in [4.78, 5) is 42.7. The SMILES string of the molecule is COC(=O)C(C(=O)OC(C)(C)C)C(NC(=O)OC(C)(C)C)c1cncc(OCc2ccccc2)c1. The average Bonchev–Trinajstić information content (AvgIpc) is 2.75. The Morgan fingerprint density at radius 1 is 0.914 bits per heavy atom. The van der Waals surface area contributed by atoms with E-state index in [4.69, 9.17) is 18.9 Å². The molecule has 1 aromatic carbocycles. The van der Waals surface area contributed by atoms with Gasteiger partial charge in [-0.3, -0.25) is 14.6 Å². The summed E-state index contributed by atoms with van der Waals surface area (Å²) in [6, 6.07) is 9.94. The van der Waals surface area contributed by atoms with E-state index in [1.807, 2.05) is 30.3 Å². The standard InChI is InChI=1S/C26H34N2O7/c1-25(2,3)34-23(30)20(22(29)32-7)21(28-24(31)35-26(4,5)6)18-13-19(15-27-14-18)33-16-17-11-9-8-10-12-17/h8-15,20-21H,16H2,1-7H3,(H,28,31). The highest BCUT2D eigenvalue weighted by molar-refractivity contribution is 5.96. The zero-order valence-corrected chi connectivity index (χ0v) is 21.3. The van der Waals surface area contributed by atoms with Crippen molar-refractivity contribution in [3.8, 4) is 5.75 Å². The normalized spacial score (nSPS) is 13.2. The molecule has 1 N–H and O–H groups in total. The van der Waals surface area contributed by atoms with Crippen LogP contribution in [0.4, 0.5) is 4.79 Å². The Morgan fingerprint density at radius 3 is 2.11 bits per heavy atom. The number of esters is 2. The summed E-state index contributed by atoms with van der Waals surface area (Å²) < 4.78 is 21.5. The van der Waals surface area contributed by atoms with Crippen LogP contribution in [0.15, 0.2) is 48.8 Å². The molecule has 1 heterocycles. The third kappa shape index (κ3) is 9.27. The molecular formula is C26H34N2O7. The van der Waals surface area contributed by atoms with Gasteiger partial charge >= 0.3 is 18.0 Å². The van der Waals surface area contributed by atoms with Crippen molar-refractivity contribution in [3.05, 3.63) is 59.9 Å². The van der Waals surface area contributed by atoms with E-state index < -0.39 is 41.2 Å². The van der Waals surface area contributed by atoms with Gasteiger partial charge in [-0.05, 0) is 58.7 Å². The van der Waals surface area contributed by atoms with E-state index in [2.05, 4.69) is 10.3 Å². The van der Waals surface area contributed by atoms with E-state index in [-0.39, 0.29) is 6.61 Å². The van der Waals surface area contributed by atoms with Crippen molar-refractivity contribution in [1.29, 1.82) is 0 Å². The van der Waals surface area contributed by atoms with Crippen molar-refractivity contribution >= 4 is 18.0 Å². The minimum absolute atomic E-state index is 0.280. The number of alkyl carbamates (subject to hydrolysis) is 1. The first-order valence-electron chi connectivity index (χ1n) is 11.2. The number of pyridine rings is 1. The molecule has 2 aromatic rings. The first kappa shape index (κ1) is 27.6. The minimum Gasteiger partial charge on any atom is -0.487 e. The molecule has 0 spiro atoms. The van der Waals surface area contributed by atoms with Gasteiger partial charge in [-0.15, -0.1) is 0 Å². The Kier molecular flexibility index (Phi) is 9.22. The van der Waals surface area contributed by atoms with Crippen molar-refractivity contribution in [3.63, 3.8) is 0 Å². The summed E-state index contributed by atoms with van der Waals surface area (Å²) in [5.74, 6) is -2.87. The number of hydrogen-bond donors (Lipinski definition) is 1. The molecule has 9 heteroatoms. The summed E-state index contributed by atoms with van der Waals surface area (Å²) in [6.45, 7) is 10.4. The Labute approximate surface area is 206 Å². The molecule has 2 atom stereocenters. The summed E-state index contributed by atoms with van der Waals surface area (Å²) in [5, 5.41) is 2.61. The number of carbonyl (C=O) groups is 3. The fraction of sp³-hybridized carbons (Fsp3) is 0.462. The molecule has 190 valence electrons. The zero-order valence-electron chi connectivity index (χ0n) is 21.3. The molecule has 0 fully saturated rings. The van der Waals surface area contributed by atoms with Crippen molar-refractivity contribution in [2.24, 2.45) is 5.92 Å². The number of methoxy groups -OCH3 is 1. The van der Waals surface area contributed by atoms with Gasteiger partial charge in [0.25, 0.3) is 0 Å². The van der Waals surface area contributed by atoms with Crippen LogP contribution in [0.3, 0.4) is 0 Å². The summed E-state index contributed by atoms with van der Waals surface area (Å²) in [6.07, 6.45) is 2.10. The Hall–Kier alpha value is -3.62. The number of benzene rings is 1. The molecule has 0 bridgehead atoms. The number of hydrogen-bond acceptors (Lipinski definition) is 8. The number of nitrogens with zero attached hydrogens (tertiary/aromatic N) is 1. The average molecular weight is 487 g/mol. The van der Waals surface area contributed by atoms with Crippen LogP contribution in [0.1, 0.15) is 58.7 Å². The first-order chi connectivity index (χ1) is 16.3. The summed E-state index contributed by atoms with van der Waals surface area (Å²) in [7, 11) is 1.15. The molecule has 35 heavy (non-hydrogen) atoms. The van der Waals surface area contributed by atoms with E-state index in [9.17, 15) is 14.4 Å². The molecule has 2 unspecified atom stereocenters. The van der Waals surface area contributed by atoms with Gasteiger partial charge in [-0.25, -0.2) is 4.79 Å². The van der Waals surface area contributed by atoms with Crippen molar-refractivity contribution in [2.45, 2.75) is 65.4 Å². The van der Waals surface area contributed by atoms with Crippen LogP contribution in [-0.4, -0.2) is 41.3 Å². The van der Waals surface area contributed by atoms with Crippen LogP contribution in [0, 0.1) is 5.92 Å². The summed E-state index contributed by atoms with van der Waals surface area (Å²) in [5.41, 5.74) is -0.399. The lowest BCUT2D eigenvalue weighted by molar-refractivity contribution is -0.169. The van der Waals surface area contributed by atoms with E-state index in [1.54, 1.807) is 47.6 Å². The zero-order chi connectivity index (χ0) is 26.2. The third-order valence-corrected chi connectivity index (χ3v) is 4.46. The number of nitrogens with one attached hydrogen (secondary N) is 1. The molecule has 9 nitrogen and oxygen atoms in total. The van der Waals surface area contributed by atoms with Gasteiger partial charge in [0.1, 0.15) is 23.6 Å². The molecule has 1 amide bonds. The molecular weight excluding hydrogens is 452 g/mol. The van der Waals surface area contributed by atoms with Gasteiger partial charge in [-0.1, -0.05) is 30.3 Å². The largest absolute Gasteiger partial charge is 0.487 e. The molecule has 0 aliphatic rings. The van der Waals surface area contributed by atoms with Gasteiger partial charge in [0.2, 0.25) is 0 Å². The predicted molar refractivity (Wildman–Crippen MR) is 128 cm³/mol. The van der Waals surface area contributed by atoms with E-state index >= 15 is 0 Å². The minimum atomic E-state index is -1.52. The number of rotatable bonds is 8. The lowest BCUT2D eigenvalue weighted by Gasteiger charge is -2.29. The fourth-order valence-corrected chi connectivity index (χ4v) is 3.08. The maximum atomic E-state index is 13.1. The van der Waals surface area contributed by atoms with Crippen LogP contribution in [0.5, 0.6) is 5.75 Å². The van der Waals surface area contributed by atoms with Gasteiger partial charge in [-0.2, -0.15) is 0 Å². The maximum Gasteiger partial charge on any atom is 0.408 e. The van der Waals surface area contributed by atoms with Gasteiger partial charge < -0.3 is 24.3 Å². The molecule has 1 aromatic heterocycles. The van der Waals surface area contributed by atoms with Gasteiger partial charge in [0, 0.05) is 6.20 Å². The van der Waals surface area contributed by atoms with Crippen molar-refractivity contribution < 1.29 is 33.3 Å². The molecule has 0 aliphatic carbocycles. The number of ether oxygens (including phenoxy) is 4. The van der Waals surface area contributed by atoms with E-state index in [1.165, 1.54) is 12.4 Å². The van der Waals surface area contributed by atoms with Crippen molar-refractivity contribution in [1.82, 2.24) is 10.3 Å². The lowest BCUT2D eigenvalue weighted by atomic mass is 9.93. The van der Waals surface area contributed by atoms with Gasteiger partial charge in [0.15, 0.2) is 5.92 Å². The fourth-order valence-electron chi connectivity index (χ4n) is 3.08. The monoisotopic (exact) mass is 486 g/mol. The second-order valence-corrected chi connectivity index (χ2v) is 9.89.